The Kier molecular flexibility index (Phi) is 5.18. The zero-order chi connectivity index (χ0) is 18.7. The number of nitrogens with zero attached hydrogens (tertiary/aromatic N) is 1. The van der Waals surface area contributed by atoms with E-state index in [9.17, 15) is 13.2 Å². The van der Waals surface area contributed by atoms with E-state index >= 15 is 0 Å². The van der Waals surface area contributed by atoms with Crippen molar-refractivity contribution in [3.63, 3.8) is 0 Å². The fourth-order valence-electron chi connectivity index (χ4n) is 3.08. The van der Waals surface area contributed by atoms with Gasteiger partial charge in [0.15, 0.2) is 0 Å². The molecule has 2 aromatic carbocycles. The van der Waals surface area contributed by atoms with E-state index in [2.05, 4.69) is 10.8 Å². The number of carbonyl (C=O) groups excluding carboxylic acids is 1. The van der Waals surface area contributed by atoms with Crippen LogP contribution in [0.5, 0.6) is 5.75 Å². The van der Waals surface area contributed by atoms with Gasteiger partial charge in [0.05, 0.1) is 12.9 Å². The van der Waals surface area contributed by atoms with Crippen LogP contribution in [0, 0.1) is 0 Å². The van der Waals surface area contributed by atoms with Gasteiger partial charge in [-0.2, -0.15) is 0 Å². The maximum atomic E-state index is 12.9. The largest absolute Gasteiger partial charge is 0.494 e. The summed E-state index contributed by atoms with van der Waals surface area (Å²) < 4.78 is 30.7. The van der Waals surface area contributed by atoms with Gasteiger partial charge in [0, 0.05) is 24.3 Å². The third kappa shape index (κ3) is 4.35. The lowest BCUT2D eigenvalue weighted by Crippen LogP contribution is -2.36. The molecule has 1 aliphatic rings. The Morgan fingerprint density at radius 1 is 1.19 bits per heavy atom. The highest BCUT2D eigenvalue weighted by Crippen LogP contribution is 2.25. The van der Waals surface area contributed by atoms with Gasteiger partial charge in [-0.15, -0.1) is 0 Å². The smallest absolute Gasteiger partial charge is 0.254 e. The van der Waals surface area contributed by atoms with Crippen LogP contribution in [0.3, 0.4) is 0 Å². The molecule has 0 atom stereocenters. The number of anilines is 1. The molecule has 0 saturated heterocycles. The maximum absolute atomic E-state index is 12.9. The molecule has 2 aromatic rings. The molecule has 0 bridgehead atoms. The highest BCUT2D eigenvalue weighted by atomic mass is 32.2. The number of amides is 1. The zero-order valence-corrected chi connectivity index (χ0v) is 15.7. The average molecular weight is 374 g/mol. The predicted octanol–water partition coefficient (Wildman–Crippen LogP) is 2.66. The number of carbonyl (C=O) groups is 1. The summed E-state index contributed by atoms with van der Waals surface area (Å²) in [5.74, 6) is 0.689. The lowest BCUT2D eigenvalue weighted by Gasteiger charge is -2.29. The summed E-state index contributed by atoms with van der Waals surface area (Å²) in [4.78, 5) is 14.6. The second-order valence-corrected chi connectivity index (χ2v) is 8.04. The second-order valence-electron chi connectivity index (χ2n) is 6.30. The molecule has 26 heavy (non-hydrogen) atoms. The van der Waals surface area contributed by atoms with E-state index in [1.807, 2.05) is 19.1 Å². The molecule has 1 heterocycles. The summed E-state index contributed by atoms with van der Waals surface area (Å²) in [6.45, 7) is 3.68. The van der Waals surface area contributed by atoms with Crippen molar-refractivity contribution in [3.8, 4) is 5.75 Å². The number of hydrogen-bond donors (Lipinski definition) is 1. The molecule has 0 radical (unpaired) electrons. The quantitative estimate of drug-likeness (QED) is 0.873. The van der Waals surface area contributed by atoms with Crippen LogP contribution in [0.25, 0.3) is 0 Å². The summed E-state index contributed by atoms with van der Waals surface area (Å²) in [6, 6.07) is 12.6. The lowest BCUT2D eigenvalue weighted by atomic mass is 9.98. The average Bonchev–Trinajstić information content (AvgIpc) is 2.59. The van der Waals surface area contributed by atoms with Crippen molar-refractivity contribution in [3.05, 3.63) is 59.2 Å². The highest BCUT2D eigenvalue weighted by molar-refractivity contribution is 7.92. The third-order valence-corrected chi connectivity index (χ3v) is 4.81. The fraction of sp³-hybridized carbons (Fsp3) is 0.316. The number of rotatable bonds is 5. The molecule has 7 heteroatoms. The molecule has 3 rings (SSSR count). The molecule has 1 aliphatic heterocycles. The zero-order valence-electron chi connectivity index (χ0n) is 14.9. The molecule has 0 saturated carbocycles. The summed E-state index contributed by atoms with van der Waals surface area (Å²) in [5.41, 5.74) is 3.16. The number of fused-ring (bicyclic) bond motifs is 1. The molecule has 138 valence electrons. The Labute approximate surface area is 153 Å². The summed E-state index contributed by atoms with van der Waals surface area (Å²) in [6.07, 6.45) is 1.87. The molecule has 6 nitrogen and oxygen atoms in total. The van der Waals surface area contributed by atoms with E-state index in [4.69, 9.17) is 4.74 Å². The SMILES string of the molecule is CCOc1ccc2c(c1)CN(C(=O)c1cccc(NS(C)(=O)=O)c1)CC2. The van der Waals surface area contributed by atoms with Gasteiger partial charge in [-0.3, -0.25) is 9.52 Å². The molecule has 0 unspecified atom stereocenters. The van der Waals surface area contributed by atoms with Crippen LogP contribution in [-0.4, -0.2) is 38.6 Å². The Morgan fingerprint density at radius 2 is 2.00 bits per heavy atom. The molecule has 0 aromatic heterocycles. The van der Waals surface area contributed by atoms with Crippen molar-refractivity contribution in [2.24, 2.45) is 0 Å². The number of nitrogens with one attached hydrogen (secondary N) is 1. The Bertz CT molecular complexity index is 925. The molecule has 1 N–H and O–H groups in total. The maximum Gasteiger partial charge on any atom is 0.254 e. The van der Waals surface area contributed by atoms with Crippen molar-refractivity contribution in [1.29, 1.82) is 0 Å². The summed E-state index contributed by atoms with van der Waals surface area (Å²) >= 11 is 0. The third-order valence-electron chi connectivity index (χ3n) is 4.20. The predicted molar refractivity (Wildman–Crippen MR) is 101 cm³/mol. The van der Waals surface area contributed by atoms with Crippen LogP contribution >= 0.6 is 0 Å². The van der Waals surface area contributed by atoms with Gasteiger partial charge in [0.2, 0.25) is 10.0 Å². The Hall–Kier alpha value is -2.54. The monoisotopic (exact) mass is 374 g/mol. The van der Waals surface area contributed by atoms with Crippen LogP contribution in [-0.2, 0) is 23.0 Å². The van der Waals surface area contributed by atoms with Crippen molar-refractivity contribution in [2.75, 3.05) is 24.1 Å². The molecular weight excluding hydrogens is 352 g/mol. The number of hydrogen-bond acceptors (Lipinski definition) is 4. The van der Waals surface area contributed by atoms with E-state index in [1.54, 1.807) is 29.2 Å². The van der Waals surface area contributed by atoms with Crippen LogP contribution in [0.4, 0.5) is 5.69 Å². The first-order valence-electron chi connectivity index (χ1n) is 8.47. The standard InChI is InChI=1S/C19H22N2O4S/c1-3-25-18-8-7-14-9-10-21(13-16(14)12-18)19(22)15-5-4-6-17(11-15)20-26(2,23)24/h4-8,11-12,20H,3,9-10,13H2,1-2H3. The van der Waals surface area contributed by atoms with E-state index in [0.29, 0.717) is 30.9 Å². The molecule has 0 spiro atoms. The first-order chi connectivity index (χ1) is 12.4. The second kappa shape index (κ2) is 7.37. The lowest BCUT2D eigenvalue weighted by molar-refractivity contribution is 0.0734. The van der Waals surface area contributed by atoms with Gasteiger partial charge in [0.1, 0.15) is 5.75 Å². The fourth-order valence-corrected chi connectivity index (χ4v) is 3.63. The number of sulfonamides is 1. The van der Waals surface area contributed by atoms with Crippen molar-refractivity contribution >= 4 is 21.6 Å². The summed E-state index contributed by atoms with van der Waals surface area (Å²) in [7, 11) is -3.38. The van der Waals surface area contributed by atoms with Gasteiger partial charge >= 0.3 is 0 Å². The van der Waals surface area contributed by atoms with Gasteiger partial charge in [-0.05, 0) is 54.8 Å². The van der Waals surface area contributed by atoms with E-state index in [1.165, 1.54) is 5.56 Å². The van der Waals surface area contributed by atoms with Gasteiger partial charge in [0.25, 0.3) is 5.91 Å². The molecule has 0 fully saturated rings. The van der Waals surface area contributed by atoms with E-state index in [0.717, 1.165) is 24.0 Å². The summed E-state index contributed by atoms with van der Waals surface area (Å²) in [5, 5.41) is 0. The van der Waals surface area contributed by atoms with Crippen molar-refractivity contribution < 1.29 is 17.9 Å². The van der Waals surface area contributed by atoms with Crippen molar-refractivity contribution in [1.82, 2.24) is 4.90 Å². The minimum atomic E-state index is -3.38. The highest BCUT2D eigenvalue weighted by Gasteiger charge is 2.22. The topological polar surface area (TPSA) is 75.7 Å². The van der Waals surface area contributed by atoms with Crippen LogP contribution < -0.4 is 9.46 Å². The minimum Gasteiger partial charge on any atom is -0.494 e. The normalized spacial score (nSPS) is 13.8. The Balaban J connectivity index is 1.79. The number of benzene rings is 2. The molecule has 0 aliphatic carbocycles. The van der Waals surface area contributed by atoms with E-state index < -0.39 is 10.0 Å². The van der Waals surface area contributed by atoms with Gasteiger partial charge < -0.3 is 9.64 Å². The van der Waals surface area contributed by atoms with E-state index in [-0.39, 0.29) is 5.91 Å². The minimum absolute atomic E-state index is 0.116. The van der Waals surface area contributed by atoms with Crippen molar-refractivity contribution in [2.45, 2.75) is 19.9 Å². The van der Waals surface area contributed by atoms with Crippen LogP contribution in [0.1, 0.15) is 28.4 Å². The van der Waals surface area contributed by atoms with Crippen LogP contribution in [0.15, 0.2) is 42.5 Å². The van der Waals surface area contributed by atoms with Crippen LogP contribution in [0.2, 0.25) is 0 Å². The first-order valence-corrected chi connectivity index (χ1v) is 10.4. The first kappa shape index (κ1) is 18.3. The Morgan fingerprint density at radius 3 is 2.73 bits per heavy atom. The van der Waals surface area contributed by atoms with Gasteiger partial charge in [-0.25, -0.2) is 8.42 Å². The molecular formula is C19H22N2O4S. The van der Waals surface area contributed by atoms with Gasteiger partial charge in [-0.1, -0.05) is 12.1 Å². The number of ether oxygens (including phenoxy) is 1. The molecule has 1 amide bonds.